The second kappa shape index (κ2) is 7.29. The molecule has 5 heteroatoms. The minimum absolute atomic E-state index is 0.148. The zero-order chi connectivity index (χ0) is 16.1. The highest BCUT2D eigenvalue weighted by Gasteiger charge is 2.29. The van der Waals surface area contributed by atoms with Gasteiger partial charge in [-0.15, -0.1) is 0 Å². The molecule has 22 heavy (non-hydrogen) atoms. The number of carbonyl (C=O) groups excluding carboxylic acids is 1. The molecule has 1 saturated heterocycles. The van der Waals surface area contributed by atoms with Crippen molar-refractivity contribution in [1.82, 2.24) is 4.90 Å². The maximum atomic E-state index is 12.7. The standard InChI is InChI=1S/C17H23NO4/c1-12(2)11-22-15-8-4-3-7-14(15)16(19)18-9-5-6-13(10-18)17(20)21/h3-4,7-8,12-13H,5-6,9-11H2,1-2H3,(H,20,21). The predicted octanol–water partition coefficient (Wildman–Crippen LogP) is 2.66. The number of benzene rings is 1. The van der Waals surface area contributed by atoms with Gasteiger partial charge in [-0.05, 0) is 30.9 Å². The number of ether oxygens (including phenoxy) is 1. The van der Waals surface area contributed by atoms with E-state index < -0.39 is 11.9 Å². The molecule has 0 aromatic heterocycles. The van der Waals surface area contributed by atoms with Crippen LogP contribution in [0.3, 0.4) is 0 Å². The van der Waals surface area contributed by atoms with Crippen LogP contribution < -0.4 is 4.74 Å². The van der Waals surface area contributed by atoms with E-state index in [2.05, 4.69) is 0 Å². The summed E-state index contributed by atoms with van der Waals surface area (Å²) in [6.07, 6.45) is 1.35. The van der Waals surface area contributed by atoms with Gasteiger partial charge in [-0.1, -0.05) is 26.0 Å². The van der Waals surface area contributed by atoms with Crippen molar-refractivity contribution >= 4 is 11.9 Å². The third-order valence-electron chi connectivity index (χ3n) is 3.75. The Morgan fingerprint density at radius 1 is 1.36 bits per heavy atom. The molecule has 1 atom stereocenters. The van der Waals surface area contributed by atoms with Crippen molar-refractivity contribution in [1.29, 1.82) is 0 Å². The van der Waals surface area contributed by atoms with Crippen molar-refractivity contribution in [3.8, 4) is 5.75 Å². The van der Waals surface area contributed by atoms with Crippen LogP contribution >= 0.6 is 0 Å². The van der Waals surface area contributed by atoms with Crippen molar-refractivity contribution in [2.45, 2.75) is 26.7 Å². The van der Waals surface area contributed by atoms with E-state index in [0.717, 1.165) is 6.42 Å². The molecule has 0 saturated carbocycles. The molecule has 0 spiro atoms. The Morgan fingerprint density at radius 2 is 2.09 bits per heavy atom. The van der Waals surface area contributed by atoms with Crippen LogP contribution in [0.1, 0.15) is 37.0 Å². The van der Waals surface area contributed by atoms with E-state index >= 15 is 0 Å². The monoisotopic (exact) mass is 305 g/mol. The zero-order valence-corrected chi connectivity index (χ0v) is 13.1. The van der Waals surface area contributed by atoms with Gasteiger partial charge in [0.05, 0.1) is 18.1 Å². The Kier molecular flexibility index (Phi) is 5.41. The molecule has 1 aromatic carbocycles. The van der Waals surface area contributed by atoms with Crippen molar-refractivity contribution < 1.29 is 19.4 Å². The van der Waals surface area contributed by atoms with Crippen LogP contribution in [0, 0.1) is 11.8 Å². The Balaban J connectivity index is 2.13. The van der Waals surface area contributed by atoms with Crippen LogP contribution in [0.25, 0.3) is 0 Å². The molecule has 120 valence electrons. The fourth-order valence-electron chi connectivity index (χ4n) is 2.56. The summed E-state index contributed by atoms with van der Waals surface area (Å²) in [6, 6.07) is 7.16. The molecular weight excluding hydrogens is 282 g/mol. The number of hydrogen-bond acceptors (Lipinski definition) is 3. The van der Waals surface area contributed by atoms with E-state index in [1.54, 1.807) is 23.1 Å². The maximum absolute atomic E-state index is 12.7. The Bertz CT molecular complexity index is 541. The molecule has 0 bridgehead atoms. The zero-order valence-electron chi connectivity index (χ0n) is 13.1. The number of carboxylic acid groups (broad SMARTS) is 1. The first kappa shape index (κ1) is 16.3. The van der Waals surface area contributed by atoms with Crippen LogP contribution in [0.5, 0.6) is 5.75 Å². The minimum Gasteiger partial charge on any atom is -0.492 e. The van der Waals surface area contributed by atoms with Crippen molar-refractivity contribution in [2.24, 2.45) is 11.8 Å². The van der Waals surface area contributed by atoms with Gasteiger partial charge in [-0.3, -0.25) is 9.59 Å². The third kappa shape index (κ3) is 4.00. The molecule has 1 aromatic rings. The molecule has 1 heterocycles. The van der Waals surface area contributed by atoms with Gasteiger partial charge in [0, 0.05) is 13.1 Å². The molecule has 2 rings (SSSR count). The normalized spacial score (nSPS) is 18.3. The summed E-state index contributed by atoms with van der Waals surface area (Å²) in [7, 11) is 0. The summed E-state index contributed by atoms with van der Waals surface area (Å²) in [5.41, 5.74) is 0.509. The average Bonchev–Trinajstić information content (AvgIpc) is 2.52. The first-order chi connectivity index (χ1) is 10.5. The third-order valence-corrected chi connectivity index (χ3v) is 3.75. The van der Waals surface area contributed by atoms with Gasteiger partial charge in [-0.25, -0.2) is 0 Å². The number of amides is 1. The first-order valence-corrected chi connectivity index (χ1v) is 7.73. The molecule has 1 unspecified atom stereocenters. The molecule has 0 aliphatic carbocycles. The lowest BCUT2D eigenvalue weighted by Crippen LogP contribution is -2.42. The number of nitrogens with zero attached hydrogens (tertiary/aromatic N) is 1. The lowest BCUT2D eigenvalue weighted by Gasteiger charge is -2.31. The van der Waals surface area contributed by atoms with Gasteiger partial charge in [0.15, 0.2) is 0 Å². The summed E-state index contributed by atoms with van der Waals surface area (Å²) < 4.78 is 5.72. The molecule has 1 fully saturated rings. The molecule has 0 radical (unpaired) electrons. The van der Waals surface area contributed by atoms with Gasteiger partial charge >= 0.3 is 5.97 Å². The second-order valence-electron chi connectivity index (χ2n) is 6.13. The first-order valence-electron chi connectivity index (χ1n) is 7.73. The van der Waals surface area contributed by atoms with Crippen LogP contribution in [-0.4, -0.2) is 41.6 Å². The quantitative estimate of drug-likeness (QED) is 0.908. The Hall–Kier alpha value is -2.04. The maximum Gasteiger partial charge on any atom is 0.308 e. The fraction of sp³-hybridized carbons (Fsp3) is 0.529. The number of carboxylic acids is 1. The van der Waals surface area contributed by atoms with Crippen molar-refractivity contribution in [3.05, 3.63) is 29.8 Å². The number of rotatable bonds is 5. The van der Waals surface area contributed by atoms with E-state index in [1.165, 1.54) is 0 Å². The summed E-state index contributed by atoms with van der Waals surface area (Å²) in [6.45, 7) is 5.51. The Morgan fingerprint density at radius 3 is 2.77 bits per heavy atom. The summed E-state index contributed by atoms with van der Waals surface area (Å²) in [5.74, 6) is -0.512. The van der Waals surface area contributed by atoms with E-state index in [1.807, 2.05) is 19.9 Å². The highest BCUT2D eigenvalue weighted by atomic mass is 16.5. The summed E-state index contributed by atoms with van der Waals surface area (Å²) in [5, 5.41) is 9.15. The topological polar surface area (TPSA) is 66.8 Å². The highest BCUT2D eigenvalue weighted by Crippen LogP contribution is 2.24. The predicted molar refractivity (Wildman–Crippen MR) is 83.0 cm³/mol. The lowest BCUT2D eigenvalue weighted by molar-refractivity contribution is -0.143. The van der Waals surface area contributed by atoms with Gasteiger partial charge in [0.25, 0.3) is 5.91 Å². The van der Waals surface area contributed by atoms with Crippen molar-refractivity contribution in [2.75, 3.05) is 19.7 Å². The van der Waals surface area contributed by atoms with E-state index in [-0.39, 0.29) is 12.5 Å². The molecule has 5 nitrogen and oxygen atoms in total. The number of hydrogen-bond donors (Lipinski definition) is 1. The number of aliphatic carboxylic acids is 1. The number of piperidine rings is 1. The van der Waals surface area contributed by atoms with Gasteiger partial charge in [-0.2, -0.15) is 0 Å². The second-order valence-corrected chi connectivity index (χ2v) is 6.13. The molecule has 1 N–H and O–H groups in total. The van der Waals surface area contributed by atoms with Crippen LogP contribution in [0.4, 0.5) is 0 Å². The van der Waals surface area contributed by atoms with Crippen LogP contribution in [0.15, 0.2) is 24.3 Å². The largest absolute Gasteiger partial charge is 0.492 e. The smallest absolute Gasteiger partial charge is 0.308 e. The van der Waals surface area contributed by atoms with Gasteiger partial charge in [0.2, 0.25) is 0 Å². The minimum atomic E-state index is -0.832. The van der Waals surface area contributed by atoms with E-state index in [4.69, 9.17) is 9.84 Å². The molecule has 1 aliphatic rings. The summed E-state index contributed by atoms with van der Waals surface area (Å²) >= 11 is 0. The molecule has 1 amide bonds. The number of carbonyl (C=O) groups is 2. The summed E-state index contributed by atoms with van der Waals surface area (Å²) in [4.78, 5) is 25.5. The van der Waals surface area contributed by atoms with E-state index in [9.17, 15) is 9.59 Å². The number of para-hydroxylation sites is 1. The van der Waals surface area contributed by atoms with Crippen LogP contribution in [-0.2, 0) is 4.79 Å². The van der Waals surface area contributed by atoms with Crippen LogP contribution in [0.2, 0.25) is 0 Å². The molecule has 1 aliphatic heterocycles. The van der Waals surface area contributed by atoms with Gasteiger partial charge < -0.3 is 14.7 Å². The SMILES string of the molecule is CC(C)COc1ccccc1C(=O)N1CCCC(C(=O)O)C1. The molecular formula is C17H23NO4. The fourth-order valence-corrected chi connectivity index (χ4v) is 2.56. The van der Waals surface area contributed by atoms with E-state index in [0.29, 0.717) is 36.8 Å². The average molecular weight is 305 g/mol. The number of likely N-dealkylation sites (tertiary alicyclic amines) is 1. The Labute approximate surface area is 130 Å². The van der Waals surface area contributed by atoms with Crippen molar-refractivity contribution in [3.63, 3.8) is 0 Å². The lowest BCUT2D eigenvalue weighted by atomic mass is 9.97. The highest BCUT2D eigenvalue weighted by molar-refractivity contribution is 5.97. The van der Waals surface area contributed by atoms with Gasteiger partial charge in [0.1, 0.15) is 5.75 Å².